The van der Waals surface area contributed by atoms with Gasteiger partial charge in [0.25, 0.3) is 0 Å². The van der Waals surface area contributed by atoms with Crippen LogP contribution in [0.3, 0.4) is 0 Å². The maximum Gasteiger partial charge on any atom is 0.00507 e. The van der Waals surface area contributed by atoms with E-state index in [0.717, 1.165) is 25.4 Å². The Bertz CT molecular complexity index is 154. The van der Waals surface area contributed by atoms with E-state index < -0.39 is 0 Å². The summed E-state index contributed by atoms with van der Waals surface area (Å²) >= 11 is 0. The van der Waals surface area contributed by atoms with Crippen molar-refractivity contribution in [1.82, 2.24) is 5.32 Å². The molecule has 0 saturated heterocycles. The van der Waals surface area contributed by atoms with Crippen LogP contribution in [0.2, 0.25) is 0 Å². The highest BCUT2D eigenvalue weighted by molar-refractivity contribution is 4.96. The smallest absolute Gasteiger partial charge is 0.00507 e. The van der Waals surface area contributed by atoms with Crippen molar-refractivity contribution in [3.05, 3.63) is 12.2 Å². The molecule has 0 heterocycles. The molecule has 0 amide bonds. The Hall–Kier alpha value is -0.340. The third kappa shape index (κ3) is 4.44. The van der Waals surface area contributed by atoms with Gasteiger partial charge in [-0.15, -0.1) is 0 Å². The third-order valence-corrected chi connectivity index (χ3v) is 2.72. The molecule has 1 aliphatic carbocycles. The van der Waals surface area contributed by atoms with Crippen LogP contribution in [0.4, 0.5) is 0 Å². The lowest BCUT2D eigenvalue weighted by molar-refractivity contribution is 0.473. The molecule has 0 spiro atoms. The van der Waals surface area contributed by atoms with Gasteiger partial charge < -0.3 is 11.1 Å². The van der Waals surface area contributed by atoms with Gasteiger partial charge in [0.2, 0.25) is 0 Å². The van der Waals surface area contributed by atoms with Crippen molar-refractivity contribution in [3.8, 4) is 0 Å². The van der Waals surface area contributed by atoms with Crippen molar-refractivity contribution in [2.24, 2.45) is 11.7 Å². The topological polar surface area (TPSA) is 38.0 Å². The summed E-state index contributed by atoms with van der Waals surface area (Å²) in [4.78, 5) is 0. The number of hydrogen-bond donors (Lipinski definition) is 2. The summed E-state index contributed by atoms with van der Waals surface area (Å²) in [5.74, 6) is 0.831. The molecule has 2 unspecified atom stereocenters. The van der Waals surface area contributed by atoms with Crippen molar-refractivity contribution in [2.75, 3.05) is 13.1 Å². The van der Waals surface area contributed by atoms with E-state index in [9.17, 15) is 0 Å². The Morgan fingerprint density at radius 1 is 1.62 bits per heavy atom. The lowest BCUT2D eigenvalue weighted by atomic mass is 10.1. The second-order valence-corrected chi connectivity index (χ2v) is 3.99. The fourth-order valence-electron chi connectivity index (χ4n) is 1.80. The Morgan fingerprint density at radius 2 is 2.46 bits per heavy atom. The van der Waals surface area contributed by atoms with Gasteiger partial charge >= 0.3 is 0 Å². The molecule has 0 radical (unpaired) electrons. The van der Waals surface area contributed by atoms with Crippen LogP contribution in [0, 0.1) is 5.92 Å². The first-order valence-corrected chi connectivity index (χ1v) is 5.43. The first kappa shape index (κ1) is 10.7. The monoisotopic (exact) mass is 182 g/mol. The second kappa shape index (κ2) is 6.17. The van der Waals surface area contributed by atoms with Crippen molar-refractivity contribution in [2.45, 2.75) is 38.6 Å². The highest BCUT2D eigenvalue weighted by atomic mass is 14.9. The van der Waals surface area contributed by atoms with Crippen LogP contribution in [0.25, 0.3) is 0 Å². The Kier molecular flexibility index (Phi) is 5.09. The fourth-order valence-corrected chi connectivity index (χ4v) is 1.80. The van der Waals surface area contributed by atoms with Gasteiger partial charge in [0.05, 0.1) is 0 Å². The molecule has 76 valence electrons. The van der Waals surface area contributed by atoms with Crippen LogP contribution in [0.5, 0.6) is 0 Å². The zero-order valence-electron chi connectivity index (χ0n) is 8.63. The summed E-state index contributed by atoms with van der Waals surface area (Å²) in [6.45, 7) is 4.13. The predicted octanol–water partition coefficient (Wildman–Crippen LogP) is 1.67. The Labute approximate surface area is 81.6 Å². The molecule has 0 bridgehead atoms. The van der Waals surface area contributed by atoms with Crippen LogP contribution >= 0.6 is 0 Å². The lowest BCUT2D eigenvalue weighted by Crippen LogP contribution is -2.29. The second-order valence-electron chi connectivity index (χ2n) is 3.99. The molecule has 0 saturated carbocycles. The number of allylic oxidation sites excluding steroid dienone is 2. The highest BCUT2D eigenvalue weighted by Gasteiger charge is 2.08. The van der Waals surface area contributed by atoms with Gasteiger partial charge in [-0.25, -0.2) is 0 Å². The zero-order valence-corrected chi connectivity index (χ0v) is 8.63. The van der Waals surface area contributed by atoms with Crippen LogP contribution in [0.1, 0.15) is 32.6 Å². The Morgan fingerprint density at radius 3 is 3.08 bits per heavy atom. The summed E-state index contributed by atoms with van der Waals surface area (Å²) in [7, 11) is 0. The average molecular weight is 182 g/mol. The Balaban J connectivity index is 1.96. The van der Waals surface area contributed by atoms with Crippen molar-refractivity contribution in [3.63, 3.8) is 0 Å². The van der Waals surface area contributed by atoms with E-state index in [2.05, 4.69) is 24.4 Å². The first-order valence-electron chi connectivity index (χ1n) is 5.43. The molecular weight excluding hydrogens is 160 g/mol. The molecule has 13 heavy (non-hydrogen) atoms. The molecule has 0 fully saturated rings. The quantitative estimate of drug-likeness (QED) is 0.613. The van der Waals surface area contributed by atoms with Gasteiger partial charge in [-0.1, -0.05) is 12.2 Å². The van der Waals surface area contributed by atoms with Crippen molar-refractivity contribution < 1.29 is 0 Å². The van der Waals surface area contributed by atoms with E-state index in [1.54, 1.807) is 0 Å². The fraction of sp³-hybridized carbons (Fsp3) is 0.818. The lowest BCUT2D eigenvalue weighted by Gasteiger charge is -2.14. The maximum absolute atomic E-state index is 5.47. The summed E-state index contributed by atoms with van der Waals surface area (Å²) in [6.07, 6.45) is 9.66. The van der Waals surface area contributed by atoms with Gasteiger partial charge in [-0.2, -0.15) is 0 Å². The third-order valence-electron chi connectivity index (χ3n) is 2.72. The maximum atomic E-state index is 5.47. The standard InChI is InChI=1S/C11H22N2/c1-10(6-8-12)13-9-7-11-4-2-3-5-11/h2,4,10-11,13H,3,5-9,12H2,1H3. The molecule has 0 aromatic rings. The van der Waals surface area contributed by atoms with Crippen LogP contribution in [-0.2, 0) is 0 Å². The molecule has 2 atom stereocenters. The molecule has 0 aromatic carbocycles. The summed E-state index contributed by atoms with van der Waals surface area (Å²) in [5, 5.41) is 3.50. The van der Waals surface area contributed by atoms with E-state index in [1.807, 2.05) is 0 Å². The van der Waals surface area contributed by atoms with Crippen molar-refractivity contribution in [1.29, 1.82) is 0 Å². The number of rotatable bonds is 6. The normalized spacial score (nSPS) is 23.7. The first-order chi connectivity index (χ1) is 6.33. The van der Waals surface area contributed by atoms with Crippen LogP contribution < -0.4 is 11.1 Å². The predicted molar refractivity (Wildman–Crippen MR) is 57.6 cm³/mol. The van der Waals surface area contributed by atoms with E-state index >= 15 is 0 Å². The van der Waals surface area contributed by atoms with E-state index in [4.69, 9.17) is 5.73 Å². The minimum atomic E-state index is 0.579. The number of nitrogens with one attached hydrogen (secondary N) is 1. The molecule has 0 aromatic heterocycles. The van der Waals surface area contributed by atoms with Gasteiger partial charge in [-0.05, 0) is 51.6 Å². The molecule has 0 aliphatic heterocycles. The SMILES string of the molecule is CC(CCN)NCCC1C=CCC1. The van der Waals surface area contributed by atoms with E-state index in [0.29, 0.717) is 6.04 Å². The average Bonchev–Trinajstić information content (AvgIpc) is 2.57. The van der Waals surface area contributed by atoms with Crippen LogP contribution in [0.15, 0.2) is 12.2 Å². The molecule has 1 rings (SSSR count). The number of hydrogen-bond acceptors (Lipinski definition) is 2. The minimum Gasteiger partial charge on any atom is -0.330 e. The molecule has 2 heteroatoms. The van der Waals surface area contributed by atoms with Crippen molar-refractivity contribution >= 4 is 0 Å². The summed E-state index contributed by atoms with van der Waals surface area (Å²) < 4.78 is 0. The summed E-state index contributed by atoms with van der Waals surface area (Å²) in [5.41, 5.74) is 5.47. The van der Waals surface area contributed by atoms with E-state index in [-0.39, 0.29) is 0 Å². The largest absolute Gasteiger partial charge is 0.330 e. The molecule has 3 N–H and O–H groups in total. The van der Waals surface area contributed by atoms with Gasteiger partial charge in [-0.3, -0.25) is 0 Å². The molecular formula is C11H22N2. The zero-order chi connectivity index (χ0) is 9.52. The van der Waals surface area contributed by atoms with Crippen LogP contribution in [-0.4, -0.2) is 19.1 Å². The molecule has 1 aliphatic rings. The summed E-state index contributed by atoms with van der Waals surface area (Å²) in [6, 6.07) is 0.579. The number of nitrogens with two attached hydrogens (primary N) is 1. The highest BCUT2D eigenvalue weighted by Crippen LogP contribution is 2.19. The van der Waals surface area contributed by atoms with E-state index in [1.165, 1.54) is 19.3 Å². The van der Waals surface area contributed by atoms with Gasteiger partial charge in [0.1, 0.15) is 0 Å². The van der Waals surface area contributed by atoms with Gasteiger partial charge in [0, 0.05) is 6.04 Å². The molecule has 2 nitrogen and oxygen atoms in total. The van der Waals surface area contributed by atoms with Gasteiger partial charge in [0.15, 0.2) is 0 Å². The minimum absolute atomic E-state index is 0.579.